The molecule has 0 atom stereocenters. The summed E-state index contributed by atoms with van der Waals surface area (Å²) >= 11 is 5.13. The fourth-order valence-corrected chi connectivity index (χ4v) is 2.02. The lowest BCUT2D eigenvalue weighted by atomic mass is 10.1. The van der Waals surface area contributed by atoms with E-state index in [4.69, 9.17) is 16.6 Å². The topological polar surface area (TPSA) is 66.3 Å². The molecule has 1 amide bonds. The van der Waals surface area contributed by atoms with Crippen molar-refractivity contribution in [3.8, 4) is 0 Å². The average molecular weight is 317 g/mol. The summed E-state index contributed by atoms with van der Waals surface area (Å²) in [5.74, 6) is 0.584. The van der Waals surface area contributed by atoms with Gasteiger partial charge in [-0.05, 0) is 36.3 Å². The van der Waals surface area contributed by atoms with Crippen LogP contribution in [0.4, 0.5) is 0 Å². The summed E-state index contributed by atoms with van der Waals surface area (Å²) in [7, 11) is 0. The highest BCUT2D eigenvalue weighted by Crippen LogP contribution is 1.98. The van der Waals surface area contributed by atoms with Crippen molar-refractivity contribution in [2.24, 2.45) is 0 Å². The molecular formula is C16H19N3O2S. The molecular weight excluding hydrogens is 298 g/mol. The molecule has 116 valence electrons. The smallest absolute Gasteiger partial charge is 0.239 e. The number of furan rings is 1. The molecule has 0 unspecified atom stereocenters. The summed E-state index contributed by atoms with van der Waals surface area (Å²) in [6.07, 6.45) is 2.46. The van der Waals surface area contributed by atoms with Gasteiger partial charge in [0.05, 0.1) is 19.4 Å². The van der Waals surface area contributed by atoms with Gasteiger partial charge in [0, 0.05) is 6.54 Å². The molecule has 0 fully saturated rings. The van der Waals surface area contributed by atoms with Crippen LogP contribution in [0.15, 0.2) is 53.1 Å². The minimum atomic E-state index is -0.136. The Morgan fingerprint density at radius 1 is 1.05 bits per heavy atom. The second-order valence-corrected chi connectivity index (χ2v) is 5.11. The molecule has 2 aromatic rings. The third-order valence-corrected chi connectivity index (χ3v) is 3.28. The molecule has 6 heteroatoms. The monoisotopic (exact) mass is 317 g/mol. The molecule has 5 nitrogen and oxygen atoms in total. The fourth-order valence-electron chi connectivity index (χ4n) is 1.85. The maximum absolute atomic E-state index is 11.6. The van der Waals surface area contributed by atoms with E-state index in [2.05, 4.69) is 28.1 Å². The molecule has 22 heavy (non-hydrogen) atoms. The first-order chi connectivity index (χ1) is 10.7. The van der Waals surface area contributed by atoms with Gasteiger partial charge in [-0.3, -0.25) is 4.79 Å². The molecule has 0 bridgehead atoms. The van der Waals surface area contributed by atoms with Crippen LogP contribution in [0.1, 0.15) is 11.3 Å². The van der Waals surface area contributed by atoms with Crippen molar-refractivity contribution in [2.45, 2.75) is 13.0 Å². The molecule has 0 spiro atoms. The normalized spacial score (nSPS) is 10.0. The molecule has 3 N–H and O–H groups in total. The Hall–Kier alpha value is -2.34. The van der Waals surface area contributed by atoms with Crippen LogP contribution in [0.5, 0.6) is 0 Å². The highest BCUT2D eigenvalue weighted by atomic mass is 32.1. The molecule has 0 saturated carbocycles. The highest BCUT2D eigenvalue weighted by Gasteiger charge is 2.03. The van der Waals surface area contributed by atoms with Crippen molar-refractivity contribution in [3.05, 3.63) is 60.1 Å². The van der Waals surface area contributed by atoms with E-state index in [-0.39, 0.29) is 12.5 Å². The summed E-state index contributed by atoms with van der Waals surface area (Å²) in [5, 5.41) is 9.17. The van der Waals surface area contributed by atoms with E-state index in [1.165, 1.54) is 5.56 Å². The number of nitrogens with one attached hydrogen (secondary N) is 3. The van der Waals surface area contributed by atoms with Gasteiger partial charge in [0.15, 0.2) is 5.11 Å². The van der Waals surface area contributed by atoms with Crippen LogP contribution in [0.2, 0.25) is 0 Å². The van der Waals surface area contributed by atoms with Crippen molar-refractivity contribution in [2.75, 3.05) is 13.1 Å². The van der Waals surface area contributed by atoms with Crippen LogP contribution in [-0.4, -0.2) is 24.1 Å². The Labute approximate surface area is 135 Å². The maximum Gasteiger partial charge on any atom is 0.239 e. The van der Waals surface area contributed by atoms with Gasteiger partial charge in [-0.2, -0.15) is 0 Å². The lowest BCUT2D eigenvalue weighted by Crippen LogP contribution is -2.42. The zero-order valence-electron chi connectivity index (χ0n) is 12.2. The molecule has 0 aliphatic carbocycles. The first-order valence-corrected chi connectivity index (χ1v) is 7.49. The van der Waals surface area contributed by atoms with Gasteiger partial charge in [0.25, 0.3) is 0 Å². The predicted molar refractivity (Wildman–Crippen MR) is 89.3 cm³/mol. The standard InChI is InChI=1S/C16H19N3O2S/c20-15(18-11-14-7-4-10-21-14)12-19-16(22)17-9-8-13-5-2-1-3-6-13/h1-7,10H,8-9,11-12H2,(H,18,20)(H2,17,19,22). The van der Waals surface area contributed by atoms with Gasteiger partial charge < -0.3 is 20.4 Å². The van der Waals surface area contributed by atoms with E-state index < -0.39 is 0 Å². The summed E-state index contributed by atoms with van der Waals surface area (Å²) in [5.41, 5.74) is 1.24. The Kier molecular flexibility index (Phi) is 6.44. The third-order valence-electron chi connectivity index (χ3n) is 2.99. The van der Waals surface area contributed by atoms with E-state index >= 15 is 0 Å². The van der Waals surface area contributed by atoms with E-state index in [0.717, 1.165) is 18.7 Å². The number of hydrogen-bond acceptors (Lipinski definition) is 3. The number of amides is 1. The molecule has 0 saturated heterocycles. The number of benzene rings is 1. The van der Waals surface area contributed by atoms with E-state index in [9.17, 15) is 4.79 Å². The van der Waals surface area contributed by atoms with Crippen LogP contribution < -0.4 is 16.0 Å². The first kappa shape index (κ1) is 16.0. The molecule has 0 aliphatic heterocycles. The van der Waals surface area contributed by atoms with Gasteiger partial charge in [0.2, 0.25) is 5.91 Å². The summed E-state index contributed by atoms with van der Waals surface area (Å²) in [6.45, 7) is 1.24. The number of carbonyl (C=O) groups is 1. The van der Waals surface area contributed by atoms with Crippen LogP contribution >= 0.6 is 12.2 Å². The highest BCUT2D eigenvalue weighted by molar-refractivity contribution is 7.80. The van der Waals surface area contributed by atoms with Crippen molar-refractivity contribution in [1.82, 2.24) is 16.0 Å². The van der Waals surface area contributed by atoms with E-state index in [1.54, 1.807) is 12.3 Å². The van der Waals surface area contributed by atoms with Crippen LogP contribution in [-0.2, 0) is 17.8 Å². The van der Waals surface area contributed by atoms with Crippen LogP contribution in [0.3, 0.4) is 0 Å². The zero-order valence-corrected chi connectivity index (χ0v) is 13.0. The summed E-state index contributed by atoms with van der Waals surface area (Å²) in [6, 6.07) is 13.7. The van der Waals surface area contributed by atoms with E-state index in [1.807, 2.05) is 24.3 Å². The maximum atomic E-state index is 11.6. The van der Waals surface area contributed by atoms with Gasteiger partial charge in [-0.1, -0.05) is 30.3 Å². The van der Waals surface area contributed by atoms with E-state index in [0.29, 0.717) is 11.7 Å². The van der Waals surface area contributed by atoms with Crippen molar-refractivity contribution in [3.63, 3.8) is 0 Å². The fraction of sp³-hybridized carbons (Fsp3) is 0.250. The minimum Gasteiger partial charge on any atom is -0.467 e. The van der Waals surface area contributed by atoms with Gasteiger partial charge in [-0.15, -0.1) is 0 Å². The first-order valence-electron chi connectivity index (χ1n) is 7.09. The largest absolute Gasteiger partial charge is 0.467 e. The van der Waals surface area contributed by atoms with Crippen molar-refractivity contribution >= 4 is 23.2 Å². The molecule has 1 aromatic carbocycles. The van der Waals surface area contributed by atoms with Gasteiger partial charge in [0.1, 0.15) is 5.76 Å². The number of thiocarbonyl (C=S) groups is 1. The summed E-state index contributed by atoms with van der Waals surface area (Å²) < 4.78 is 5.13. The Balaban J connectivity index is 1.56. The summed E-state index contributed by atoms with van der Waals surface area (Å²) in [4.78, 5) is 11.6. The Morgan fingerprint density at radius 2 is 1.86 bits per heavy atom. The second kappa shape index (κ2) is 8.84. The Bertz CT molecular complexity index is 585. The number of hydrogen-bond donors (Lipinski definition) is 3. The molecule has 1 heterocycles. The van der Waals surface area contributed by atoms with Gasteiger partial charge in [-0.25, -0.2) is 0 Å². The minimum absolute atomic E-state index is 0.136. The van der Waals surface area contributed by atoms with Crippen LogP contribution in [0.25, 0.3) is 0 Å². The predicted octanol–water partition coefficient (Wildman–Crippen LogP) is 1.60. The van der Waals surface area contributed by atoms with Crippen molar-refractivity contribution < 1.29 is 9.21 Å². The van der Waals surface area contributed by atoms with Crippen molar-refractivity contribution in [1.29, 1.82) is 0 Å². The number of rotatable bonds is 7. The number of carbonyl (C=O) groups excluding carboxylic acids is 1. The molecule has 0 radical (unpaired) electrons. The van der Waals surface area contributed by atoms with Gasteiger partial charge >= 0.3 is 0 Å². The molecule has 0 aliphatic rings. The van der Waals surface area contributed by atoms with Crippen LogP contribution in [0, 0.1) is 0 Å². The Morgan fingerprint density at radius 3 is 2.59 bits per heavy atom. The SMILES string of the molecule is O=C(CNC(=S)NCCc1ccccc1)NCc1ccco1. The lowest BCUT2D eigenvalue weighted by molar-refractivity contribution is -0.120. The third kappa shape index (κ3) is 5.97. The second-order valence-electron chi connectivity index (χ2n) is 4.70. The average Bonchev–Trinajstić information content (AvgIpc) is 3.05. The molecule has 2 rings (SSSR count). The quantitative estimate of drug-likeness (QED) is 0.677. The molecule has 1 aromatic heterocycles. The zero-order chi connectivity index (χ0) is 15.6. The lowest BCUT2D eigenvalue weighted by Gasteiger charge is -2.10.